The Bertz CT molecular complexity index is 863. The zero-order valence-corrected chi connectivity index (χ0v) is 10.9. The molecule has 0 amide bonds. The number of hydrogen-bond donors (Lipinski definition) is 1. The summed E-state index contributed by atoms with van der Waals surface area (Å²) >= 11 is 6.16. The normalized spacial score (nSPS) is 10.7. The van der Waals surface area contributed by atoms with E-state index in [2.05, 4.69) is 4.98 Å². The fourth-order valence-corrected chi connectivity index (χ4v) is 2.36. The van der Waals surface area contributed by atoms with Crippen LogP contribution in [0.2, 0.25) is 5.02 Å². The molecule has 0 unspecified atom stereocenters. The van der Waals surface area contributed by atoms with Gasteiger partial charge in [0.05, 0.1) is 27.9 Å². The van der Waals surface area contributed by atoms with E-state index in [9.17, 15) is 4.39 Å². The number of para-hydroxylation sites is 1. The Morgan fingerprint density at radius 2 is 2.10 bits per heavy atom. The molecular formula is C14H8ClFN4. The number of imidazole rings is 1. The zero-order valence-electron chi connectivity index (χ0n) is 10.1. The molecule has 0 fully saturated rings. The van der Waals surface area contributed by atoms with E-state index in [1.165, 1.54) is 12.1 Å². The van der Waals surface area contributed by atoms with Crippen molar-refractivity contribution < 1.29 is 4.39 Å². The predicted octanol–water partition coefficient (Wildman–Crippen LogP) is 3.27. The number of rotatable bonds is 1. The number of anilines is 1. The molecule has 2 N–H and O–H groups in total. The third-order valence-electron chi connectivity index (χ3n) is 2.98. The maximum absolute atomic E-state index is 13.7. The van der Waals surface area contributed by atoms with Crippen LogP contribution in [-0.4, -0.2) is 9.55 Å². The van der Waals surface area contributed by atoms with Crippen LogP contribution < -0.4 is 5.73 Å². The first-order valence-electron chi connectivity index (χ1n) is 5.74. The number of nitriles is 1. The highest BCUT2D eigenvalue weighted by molar-refractivity contribution is 6.32. The second-order valence-electron chi connectivity index (χ2n) is 4.19. The molecule has 2 aromatic carbocycles. The van der Waals surface area contributed by atoms with Crippen molar-refractivity contribution in [3.05, 3.63) is 52.8 Å². The molecule has 0 radical (unpaired) electrons. The molecule has 1 aromatic heterocycles. The van der Waals surface area contributed by atoms with Crippen molar-refractivity contribution in [1.82, 2.24) is 9.55 Å². The predicted molar refractivity (Wildman–Crippen MR) is 75.2 cm³/mol. The van der Waals surface area contributed by atoms with Crippen molar-refractivity contribution in [2.24, 2.45) is 0 Å². The highest BCUT2D eigenvalue weighted by Crippen LogP contribution is 2.29. The van der Waals surface area contributed by atoms with Crippen LogP contribution in [0.25, 0.3) is 16.7 Å². The lowest BCUT2D eigenvalue weighted by Crippen LogP contribution is -2.01. The van der Waals surface area contributed by atoms with Gasteiger partial charge in [-0.3, -0.25) is 4.57 Å². The number of hydrogen-bond acceptors (Lipinski definition) is 3. The van der Waals surface area contributed by atoms with Gasteiger partial charge in [-0.2, -0.15) is 5.26 Å². The Morgan fingerprint density at radius 3 is 2.80 bits per heavy atom. The number of fused-ring (bicyclic) bond motifs is 1. The lowest BCUT2D eigenvalue weighted by Gasteiger charge is -2.08. The van der Waals surface area contributed by atoms with Crippen LogP contribution in [0.4, 0.5) is 10.3 Å². The highest BCUT2D eigenvalue weighted by Gasteiger charge is 2.15. The van der Waals surface area contributed by atoms with Crippen molar-refractivity contribution in [1.29, 1.82) is 5.26 Å². The minimum atomic E-state index is -0.447. The summed E-state index contributed by atoms with van der Waals surface area (Å²) in [5.74, 6) is -0.311. The van der Waals surface area contributed by atoms with E-state index in [0.717, 1.165) is 0 Å². The second-order valence-corrected chi connectivity index (χ2v) is 4.60. The van der Waals surface area contributed by atoms with Gasteiger partial charge < -0.3 is 5.73 Å². The summed E-state index contributed by atoms with van der Waals surface area (Å²) in [7, 11) is 0. The quantitative estimate of drug-likeness (QED) is 0.746. The van der Waals surface area contributed by atoms with Crippen LogP contribution >= 0.6 is 11.6 Å². The number of nitrogen functional groups attached to an aromatic ring is 1. The van der Waals surface area contributed by atoms with Crippen molar-refractivity contribution in [3.8, 4) is 11.8 Å². The summed E-state index contributed by atoms with van der Waals surface area (Å²) in [6.07, 6.45) is 0. The Kier molecular flexibility index (Phi) is 2.81. The molecule has 3 rings (SSSR count). The van der Waals surface area contributed by atoms with Gasteiger partial charge in [0, 0.05) is 0 Å². The third kappa shape index (κ3) is 1.78. The zero-order chi connectivity index (χ0) is 14.3. The summed E-state index contributed by atoms with van der Waals surface area (Å²) in [6.45, 7) is 0. The Morgan fingerprint density at radius 1 is 1.30 bits per heavy atom. The van der Waals surface area contributed by atoms with Gasteiger partial charge in [-0.15, -0.1) is 0 Å². The first kappa shape index (κ1) is 12.5. The topological polar surface area (TPSA) is 67.6 Å². The molecule has 0 aliphatic carbocycles. The molecule has 0 bridgehead atoms. The number of halogens is 2. The van der Waals surface area contributed by atoms with Gasteiger partial charge in [0.15, 0.2) is 5.82 Å². The molecule has 98 valence electrons. The average molecular weight is 287 g/mol. The molecule has 20 heavy (non-hydrogen) atoms. The smallest absolute Gasteiger partial charge is 0.206 e. The van der Waals surface area contributed by atoms with E-state index in [1.807, 2.05) is 6.07 Å². The van der Waals surface area contributed by atoms with Gasteiger partial charge in [-0.25, -0.2) is 9.37 Å². The molecule has 3 aromatic rings. The lowest BCUT2D eigenvalue weighted by atomic mass is 10.2. The van der Waals surface area contributed by atoms with Crippen molar-refractivity contribution >= 4 is 28.6 Å². The Labute approximate surface area is 118 Å². The number of aromatic nitrogens is 2. The molecule has 0 saturated carbocycles. The fourth-order valence-electron chi connectivity index (χ4n) is 2.09. The van der Waals surface area contributed by atoms with E-state index in [1.54, 1.807) is 28.8 Å². The van der Waals surface area contributed by atoms with Crippen molar-refractivity contribution in [2.75, 3.05) is 5.73 Å². The summed E-state index contributed by atoms with van der Waals surface area (Å²) in [5.41, 5.74) is 7.55. The molecule has 0 aliphatic rings. The number of benzene rings is 2. The minimum Gasteiger partial charge on any atom is -0.369 e. The SMILES string of the molecule is N#Cc1ccc(-n2c(N)nc3c(F)cccc32)c(Cl)c1. The summed E-state index contributed by atoms with van der Waals surface area (Å²) in [5, 5.41) is 9.19. The van der Waals surface area contributed by atoms with Crippen LogP contribution in [0, 0.1) is 17.1 Å². The van der Waals surface area contributed by atoms with Crippen LogP contribution in [-0.2, 0) is 0 Å². The van der Waals surface area contributed by atoms with E-state index in [0.29, 0.717) is 21.8 Å². The van der Waals surface area contributed by atoms with E-state index in [-0.39, 0.29) is 11.5 Å². The molecule has 4 nitrogen and oxygen atoms in total. The highest BCUT2D eigenvalue weighted by atomic mass is 35.5. The number of nitrogens with zero attached hydrogens (tertiary/aromatic N) is 3. The summed E-state index contributed by atoms with van der Waals surface area (Å²) < 4.78 is 15.3. The molecule has 0 atom stereocenters. The van der Waals surface area contributed by atoms with E-state index in [4.69, 9.17) is 22.6 Å². The maximum Gasteiger partial charge on any atom is 0.206 e. The monoisotopic (exact) mass is 286 g/mol. The first-order valence-corrected chi connectivity index (χ1v) is 6.12. The van der Waals surface area contributed by atoms with E-state index < -0.39 is 5.82 Å². The van der Waals surface area contributed by atoms with Crippen molar-refractivity contribution in [3.63, 3.8) is 0 Å². The summed E-state index contributed by atoms with van der Waals surface area (Å²) in [4.78, 5) is 4.01. The van der Waals surface area contributed by atoms with Crippen LogP contribution in [0.5, 0.6) is 0 Å². The lowest BCUT2D eigenvalue weighted by molar-refractivity contribution is 0.637. The fraction of sp³-hybridized carbons (Fsp3) is 0. The first-order chi connectivity index (χ1) is 9.61. The van der Waals surface area contributed by atoms with Crippen LogP contribution in [0.1, 0.15) is 5.56 Å². The Balaban J connectivity index is 2.33. The average Bonchev–Trinajstić information content (AvgIpc) is 2.77. The summed E-state index contributed by atoms with van der Waals surface area (Å²) in [6, 6.07) is 11.4. The Hall–Kier alpha value is -2.58. The molecule has 0 aliphatic heterocycles. The largest absolute Gasteiger partial charge is 0.369 e. The molecular weight excluding hydrogens is 279 g/mol. The van der Waals surface area contributed by atoms with Gasteiger partial charge in [0.2, 0.25) is 5.95 Å². The van der Waals surface area contributed by atoms with Gasteiger partial charge in [-0.1, -0.05) is 17.7 Å². The minimum absolute atomic E-state index is 0.136. The van der Waals surface area contributed by atoms with Gasteiger partial charge in [0.1, 0.15) is 5.52 Å². The number of nitrogens with two attached hydrogens (primary N) is 1. The van der Waals surface area contributed by atoms with Crippen LogP contribution in [0.15, 0.2) is 36.4 Å². The van der Waals surface area contributed by atoms with Gasteiger partial charge >= 0.3 is 0 Å². The second kappa shape index (κ2) is 4.51. The molecule has 6 heteroatoms. The molecule has 1 heterocycles. The van der Waals surface area contributed by atoms with Gasteiger partial charge in [-0.05, 0) is 30.3 Å². The molecule has 0 saturated heterocycles. The van der Waals surface area contributed by atoms with Gasteiger partial charge in [0.25, 0.3) is 0 Å². The van der Waals surface area contributed by atoms with Crippen LogP contribution in [0.3, 0.4) is 0 Å². The van der Waals surface area contributed by atoms with Crippen molar-refractivity contribution in [2.45, 2.75) is 0 Å². The maximum atomic E-state index is 13.7. The molecule has 0 spiro atoms. The third-order valence-corrected chi connectivity index (χ3v) is 3.28. The standard InChI is InChI=1S/C14H8ClFN4/c15-9-6-8(7-17)4-5-11(9)20-12-3-1-2-10(16)13(12)19-14(20)18/h1-6H,(H2,18,19). The van der Waals surface area contributed by atoms with E-state index >= 15 is 0 Å².